The van der Waals surface area contributed by atoms with Gasteiger partial charge in [-0.25, -0.2) is 0 Å². The van der Waals surface area contributed by atoms with E-state index in [9.17, 15) is 4.79 Å². The Morgan fingerprint density at radius 2 is 1.53 bits per heavy atom. The van der Waals surface area contributed by atoms with Crippen LogP contribution in [0.1, 0.15) is 65.7 Å². The maximum absolute atomic E-state index is 11.6. The molecule has 100 valence electrons. The Bertz CT molecular complexity index is 207. The van der Waals surface area contributed by atoms with Crippen LogP contribution in [-0.2, 0) is 4.79 Å². The molecule has 0 aliphatic rings. The molecule has 0 aromatic rings. The van der Waals surface area contributed by atoms with Crippen molar-refractivity contribution in [1.29, 1.82) is 0 Å². The van der Waals surface area contributed by atoms with Crippen molar-refractivity contribution < 1.29 is 4.79 Å². The third-order valence-electron chi connectivity index (χ3n) is 3.06. The average Bonchev–Trinajstić information content (AvgIpc) is 2.34. The van der Waals surface area contributed by atoms with Crippen molar-refractivity contribution in [3.05, 3.63) is 12.2 Å². The summed E-state index contributed by atoms with van der Waals surface area (Å²) >= 11 is 0. The molecule has 0 atom stereocenters. The monoisotopic (exact) mass is 239 g/mol. The van der Waals surface area contributed by atoms with Crippen LogP contribution in [0.2, 0.25) is 0 Å². The van der Waals surface area contributed by atoms with Crippen LogP contribution in [0.25, 0.3) is 0 Å². The summed E-state index contributed by atoms with van der Waals surface area (Å²) in [4.78, 5) is 13.5. The Balaban J connectivity index is 3.50. The standard InChI is InChI=1S/C15H29NO/c1-4-7-8-9-10-11-12-13-14-15(17)16(5-2)6-3/h13-14H,4-12H2,1-3H3. The fourth-order valence-corrected chi connectivity index (χ4v) is 1.87. The molecule has 0 saturated heterocycles. The maximum atomic E-state index is 11.6. The number of hydrogen-bond donors (Lipinski definition) is 0. The largest absolute Gasteiger partial charge is 0.340 e. The predicted octanol–water partition coefficient (Wildman–Crippen LogP) is 4.16. The molecule has 1 amide bonds. The Morgan fingerprint density at radius 3 is 2.12 bits per heavy atom. The number of nitrogens with zero attached hydrogens (tertiary/aromatic N) is 1. The predicted molar refractivity (Wildman–Crippen MR) is 75.1 cm³/mol. The van der Waals surface area contributed by atoms with Gasteiger partial charge >= 0.3 is 0 Å². The first-order chi connectivity index (χ1) is 8.26. The van der Waals surface area contributed by atoms with Crippen LogP contribution in [-0.4, -0.2) is 23.9 Å². The first-order valence-corrected chi connectivity index (χ1v) is 7.21. The molecule has 0 rings (SSSR count). The fraction of sp³-hybridized carbons (Fsp3) is 0.800. The SMILES string of the molecule is CCCCCCCCC=CC(=O)N(CC)CC. The maximum Gasteiger partial charge on any atom is 0.246 e. The molecule has 0 spiro atoms. The van der Waals surface area contributed by atoms with Gasteiger partial charge in [-0.1, -0.05) is 45.1 Å². The molecule has 0 bridgehead atoms. The molecule has 2 nitrogen and oxygen atoms in total. The molecule has 0 N–H and O–H groups in total. The van der Waals surface area contributed by atoms with E-state index in [1.165, 1.54) is 38.5 Å². The minimum atomic E-state index is 0.154. The molecule has 0 heterocycles. The van der Waals surface area contributed by atoms with Crippen LogP contribution >= 0.6 is 0 Å². The van der Waals surface area contributed by atoms with Gasteiger partial charge < -0.3 is 4.90 Å². The summed E-state index contributed by atoms with van der Waals surface area (Å²) in [6.07, 6.45) is 12.7. The smallest absolute Gasteiger partial charge is 0.246 e. The van der Waals surface area contributed by atoms with Gasteiger partial charge in [-0.2, -0.15) is 0 Å². The number of carbonyl (C=O) groups excluding carboxylic acids is 1. The van der Waals surface area contributed by atoms with E-state index in [2.05, 4.69) is 6.92 Å². The number of allylic oxidation sites excluding steroid dienone is 1. The summed E-state index contributed by atoms with van der Waals surface area (Å²) in [5.74, 6) is 0.154. The fourth-order valence-electron chi connectivity index (χ4n) is 1.87. The van der Waals surface area contributed by atoms with E-state index < -0.39 is 0 Å². The quantitative estimate of drug-likeness (QED) is 0.414. The van der Waals surface area contributed by atoms with Crippen molar-refractivity contribution in [3.8, 4) is 0 Å². The van der Waals surface area contributed by atoms with Gasteiger partial charge in [-0.3, -0.25) is 4.79 Å². The van der Waals surface area contributed by atoms with Crippen LogP contribution in [0.15, 0.2) is 12.2 Å². The van der Waals surface area contributed by atoms with Gasteiger partial charge in [0, 0.05) is 13.1 Å². The van der Waals surface area contributed by atoms with E-state index >= 15 is 0 Å². The molecule has 0 aliphatic heterocycles. The number of hydrogen-bond acceptors (Lipinski definition) is 1. The summed E-state index contributed by atoms with van der Waals surface area (Å²) in [7, 11) is 0. The van der Waals surface area contributed by atoms with Gasteiger partial charge in [0.2, 0.25) is 5.91 Å². The van der Waals surface area contributed by atoms with Crippen LogP contribution in [0.4, 0.5) is 0 Å². The highest BCUT2D eigenvalue weighted by molar-refractivity contribution is 5.87. The van der Waals surface area contributed by atoms with Crippen molar-refractivity contribution in [2.75, 3.05) is 13.1 Å². The second-order valence-electron chi connectivity index (χ2n) is 4.47. The molecule has 0 fully saturated rings. The Kier molecular flexibility index (Phi) is 11.1. The lowest BCUT2D eigenvalue weighted by Gasteiger charge is -2.15. The van der Waals surface area contributed by atoms with Gasteiger partial charge in [0.05, 0.1) is 0 Å². The molecule has 2 heteroatoms. The third-order valence-corrected chi connectivity index (χ3v) is 3.06. The summed E-state index contributed by atoms with van der Waals surface area (Å²) in [6, 6.07) is 0. The van der Waals surface area contributed by atoms with Gasteiger partial charge in [0.1, 0.15) is 0 Å². The zero-order valence-corrected chi connectivity index (χ0v) is 11.9. The Hall–Kier alpha value is -0.790. The lowest BCUT2D eigenvalue weighted by molar-refractivity contribution is -0.125. The van der Waals surface area contributed by atoms with Crippen molar-refractivity contribution >= 4 is 5.91 Å². The van der Waals surface area contributed by atoms with E-state index in [4.69, 9.17) is 0 Å². The van der Waals surface area contributed by atoms with E-state index in [0.29, 0.717) is 0 Å². The van der Waals surface area contributed by atoms with Crippen molar-refractivity contribution in [2.24, 2.45) is 0 Å². The minimum absolute atomic E-state index is 0.154. The highest BCUT2D eigenvalue weighted by Gasteiger charge is 2.03. The van der Waals surface area contributed by atoms with Crippen molar-refractivity contribution in [2.45, 2.75) is 65.7 Å². The molecule has 17 heavy (non-hydrogen) atoms. The van der Waals surface area contributed by atoms with E-state index in [1.807, 2.05) is 24.8 Å². The molecular weight excluding hydrogens is 210 g/mol. The van der Waals surface area contributed by atoms with Gasteiger partial charge in [-0.05, 0) is 32.8 Å². The first-order valence-electron chi connectivity index (χ1n) is 7.21. The Morgan fingerprint density at radius 1 is 0.941 bits per heavy atom. The Labute approximate surface area is 107 Å². The number of amides is 1. The summed E-state index contributed by atoms with van der Waals surface area (Å²) in [5, 5.41) is 0. The summed E-state index contributed by atoms with van der Waals surface area (Å²) in [6.45, 7) is 7.88. The van der Waals surface area contributed by atoms with E-state index in [-0.39, 0.29) is 5.91 Å². The first kappa shape index (κ1) is 16.2. The van der Waals surface area contributed by atoms with E-state index in [0.717, 1.165) is 19.5 Å². The minimum Gasteiger partial charge on any atom is -0.340 e. The lowest BCUT2D eigenvalue weighted by Crippen LogP contribution is -2.28. The molecule has 0 unspecified atom stereocenters. The van der Waals surface area contributed by atoms with Gasteiger partial charge in [-0.15, -0.1) is 0 Å². The number of carbonyl (C=O) groups is 1. The molecule has 0 aromatic heterocycles. The highest BCUT2D eigenvalue weighted by Crippen LogP contribution is 2.07. The summed E-state index contributed by atoms with van der Waals surface area (Å²) in [5.41, 5.74) is 0. The van der Waals surface area contributed by atoms with E-state index in [1.54, 1.807) is 6.08 Å². The number of likely N-dealkylation sites (N-methyl/N-ethyl adjacent to an activating group) is 1. The van der Waals surface area contributed by atoms with Gasteiger partial charge in [0.15, 0.2) is 0 Å². The highest BCUT2D eigenvalue weighted by atomic mass is 16.2. The summed E-state index contributed by atoms with van der Waals surface area (Å²) < 4.78 is 0. The second kappa shape index (κ2) is 11.7. The number of rotatable bonds is 10. The number of unbranched alkanes of at least 4 members (excludes halogenated alkanes) is 6. The molecule has 0 aromatic carbocycles. The molecule has 0 radical (unpaired) electrons. The van der Waals surface area contributed by atoms with Gasteiger partial charge in [0.25, 0.3) is 0 Å². The van der Waals surface area contributed by atoms with Crippen molar-refractivity contribution in [3.63, 3.8) is 0 Å². The van der Waals surface area contributed by atoms with Crippen LogP contribution in [0.3, 0.4) is 0 Å². The zero-order chi connectivity index (χ0) is 12.9. The van der Waals surface area contributed by atoms with Crippen LogP contribution in [0.5, 0.6) is 0 Å². The van der Waals surface area contributed by atoms with Crippen LogP contribution < -0.4 is 0 Å². The normalized spacial score (nSPS) is 11.0. The average molecular weight is 239 g/mol. The third kappa shape index (κ3) is 8.96. The molecule has 0 saturated carbocycles. The zero-order valence-electron chi connectivity index (χ0n) is 11.9. The molecular formula is C15H29NO. The second-order valence-corrected chi connectivity index (χ2v) is 4.47. The lowest BCUT2D eigenvalue weighted by atomic mass is 10.1. The molecule has 0 aliphatic carbocycles. The van der Waals surface area contributed by atoms with Crippen molar-refractivity contribution in [1.82, 2.24) is 4.90 Å². The van der Waals surface area contributed by atoms with Crippen LogP contribution in [0, 0.1) is 0 Å². The topological polar surface area (TPSA) is 20.3 Å².